The van der Waals surface area contributed by atoms with Gasteiger partial charge in [-0.25, -0.2) is 4.39 Å². The minimum absolute atomic E-state index is 0.0514. The van der Waals surface area contributed by atoms with Crippen LogP contribution < -0.4 is 5.32 Å². The van der Waals surface area contributed by atoms with Crippen molar-refractivity contribution >= 4 is 11.6 Å². The molecular formula is C15H18FNO3. The summed E-state index contributed by atoms with van der Waals surface area (Å²) in [6.45, 7) is 0.464. The van der Waals surface area contributed by atoms with Crippen molar-refractivity contribution in [1.29, 1.82) is 0 Å². The van der Waals surface area contributed by atoms with Crippen molar-refractivity contribution in [3.8, 4) is 11.8 Å². The van der Waals surface area contributed by atoms with Gasteiger partial charge in [0.2, 0.25) is 5.91 Å². The summed E-state index contributed by atoms with van der Waals surface area (Å²) < 4.78 is 18.5. The van der Waals surface area contributed by atoms with Gasteiger partial charge in [0.1, 0.15) is 5.82 Å². The van der Waals surface area contributed by atoms with Gasteiger partial charge in [-0.05, 0) is 24.6 Å². The number of aliphatic hydroxyl groups excluding tert-OH is 1. The lowest BCUT2D eigenvalue weighted by Gasteiger charge is -2.05. The molecule has 0 bridgehead atoms. The first kappa shape index (κ1) is 16.2. The Kier molecular flexibility index (Phi) is 7.33. The van der Waals surface area contributed by atoms with Crippen LogP contribution in [0, 0.1) is 17.7 Å². The molecule has 0 saturated carbocycles. The number of anilines is 1. The van der Waals surface area contributed by atoms with E-state index in [9.17, 15) is 9.18 Å². The Hall–Kier alpha value is -1.90. The number of carbonyl (C=O) groups is 1. The maximum Gasteiger partial charge on any atom is 0.224 e. The highest BCUT2D eigenvalue weighted by Crippen LogP contribution is 2.14. The molecule has 4 nitrogen and oxygen atoms in total. The summed E-state index contributed by atoms with van der Waals surface area (Å²) in [5.74, 6) is 4.59. The van der Waals surface area contributed by atoms with Gasteiger partial charge in [0.25, 0.3) is 0 Å². The zero-order valence-corrected chi connectivity index (χ0v) is 11.4. The van der Waals surface area contributed by atoms with Gasteiger partial charge in [-0.2, -0.15) is 0 Å². The molecule has 0 radical (unpaired) electrons. The molecule has 0 fully saturated rings. The van der Waals surface area contributed by atoms with Crippen LogP contribution >= 0.6 is 0 Å². The molecule has 1 rings (SSSR count). The molecule has 1 aromatic rings. The molecule has 0 aromatic heterocycles. The third-order valence-electron chi connectivity index (χ3n) is 2.47. The molecule has 2 N–H and O–H groups in total. The minimum atomic E-state index is -0.495. The lowest BCUT2D eigenvalue weighted by atomic mass is 10.2. The number of hydrogen-bond acceptors (Lipinski definition) is 3. The van der Waals surface area contributed by atoms with E-state index in [0.717, 1.165) is 0 Å². The summed E-state index contributed by atoms with van der Waals surface area (Å²) in [6.07, 6.45) is 1.25. The highest BCUT2D eigenvalue weighted by Gasteiger charge is 2.05. The number of carbonyl (C=O) groups excluding carboxylic acids is 1. The van der Waals surface area contributed by atoms with E-state index in [2.05, 4.69) is 17.2 Å². The maximum atomic E-state index is 13.7. The molecule has 1 aromatic carbocycles. The fourth-order valence-corrected chi connectivity index (χ4v) is 1.51. The first-order valence-corrected chi connectivity index (χ1v) is 6.35. The SMILES string of the molecule is COCCCC(=O)Nc1ccc(C#CCCO)c(F)c1. The predicted molar refractivity (Wildman–Crippen MR) is 74.7 cm³/mol. The molecule has 0 aliphatic heterocycles. The summed E-state index contributed by atoms with van der Waals surface area (Å²) in [5, 5.41) is 11.2. The summed E-state index contributed by atoms with van der Waals surface area (Å²) in [4.78, 5) is 11.5. The van der Waals surface area contributed by atoms with E-state index in [-0.39, 0.29) is 18.1 Å². The second-order valence-corrected chi connectivity index (χ2v) is 4.11. The minimum Gasteiger partial charge on any atom is -0.395 e. The van der Waals surface area contributed by atoms with Crippen molar-refractivity contribution in [2.45, 2.75) is 19.3 Å². The number of ether oxygens (including phenoxy) is 1. The van der Waals surface area contributed by atoms with Gasteiger partial charge in [0.05, 0.1) is 12.2 Å². The van der Waals surface area contributed by atoms with Crippen LogP contribution in [0.25, 0.3) is 0 Å². The summed E-state index contributed by atoms with van der Waals surface area (Å²) in [7, 11) is 1.57. The maximum absolute atomic E-state index is 13.7. The summed E-state index contributed by atoms with van der Waals surface area (Å²) in [5.41, 5.74) is 0.647. The van der Waals surface area contributed by atoms with E-state index in [4.69, 9.17) is 9.84 Å². The van der Waals surface area contributed by atoms with Gasteiger partial charge in [-0.15, -0.1) is 0 Å². The highest BCUT2D eigenvalue weighted by molar-refractivity contribution is 5.90. The summed E-state index contributed by atoms with van der Waals surface area (Å²) >= 11 is 0. The van der Waals surface area contributed by atoms with Crippen LogP contribution in [0.4, 0.5) is 10.1 Å². The fourth-order valence-electron chi connectivity index (χ4n) is 1.51. The van der Waals surface area contributed by atoms with Crippen LogP contribution in [0.5, 0.6) is 0 Å². The summed E-state index contributed by atoms with van der Waals surface area (Å²) in [6, 6.07) is 4.34. The molecule has 1 amide bonds. The molecule has 108 valence electrons. The van der Waals surface area contributed by atoms with Crippen molar-refractivity contribution in [2.75, 3.05) is 25.6 Å². The third-order valence-corrected chi connectivity index (χ3v) is 2.47. The smallest absolute Gasteiger partial charge is 0.224 e. The van der Waals surface area contributed by atoms with Gasteiger partial charge < -0.3 is 15.2 Å². The molecule has 20 heavy (non-hydrogen) atoms. The van der Waals surface area contributed by atoms with Gasteiger partial charge in [-0.3, -0.25) is 4.79 Å². The normalized spacial score (nSPS) is 9.75. The highest BCUT2D eigenvalue weighted by atomic mass is 19.1. The standard InChI is InChI=1S/C15H18FNO3/c1-20-10-4-6-15(19)17-13-8-7-12(14(16)11-13)5-2-3-9-18/h7-8,11,18H,3-4,6,9-10H2,1H3,(H,17,19). The molecule has 0 spiro atoms. The first-order chi connectivity index (χ1) is 9.67. The molecule has 0 saturated heterocycles. The van der Waals surface area contributed by atoms with Crippen molar-refractivity contribution < 1.29 is 19.0 Å². The zero-order valence-electron chi connectivity index (χ0n) is 11.4. The number of rotatable bonds is 6. The van der Waals surface area contributed by atoms with E-state index >= 15 is 0 Å². The number of halogens is 1. The second kappa shape index (κ2) is 9.08. The lowest BCUT2D eigenvalue weighted by Crippen LogP contribution is -2.12. The van der Waals surface area contributed by atoms with Gasteiger partial charge in [-0.1, -0.05) is 11.8 Å². The Balaban J connectivity index is 2.59. The van der Waals surface area contributed by atoms with Crippen LogP contribution in [-0.4, -0.2) is 31.3 Å². The van der Waals surface area contributed by atoms with Crippen LogP contribution in [0.15, 0.2) is 18.2 Å². The Morgan fingerprint density at radius 2 is 2.30 bits per heavy atom. The number of hydrogen-bond donors (Lipinski definition) is 2. The largest absolute Gasteiger partial charge is 0.395 e. The number of aliphatic hydroxyl groups is 1. The van der Waals surface area contributed by atoms with E-state index in [1.54, 1.807) is 13.2 Å². The topological polar surface area (TPSA) is 58.6 Å². The van der Waals surface area contributed by atoms with Gasteiger partial charge >= 0.3 is 0 Å². The van der Waals surface area contributed by atoms with Crippen molar-refractivity contribution in [2.24, 2.45) is 0 Å². The van der Waals surface area contributed by atoms with Crippen LogP contribution in [0.1, 0.15) is 24.8 Å². The van der Waals surface area contributed by atoms with E-state index < -0.39 is 5.82 Å². The Morgan fingerprint density at radius 1 is 1.50 bits per heavy atom. The Morgan fingerprint density at radius 3 is 2.95 bits per heavy atom. The average Bonchev–Trinajstić information content (AvgIpc) is 2.42. The van der Waals surface area contributed by atoms with Crippen molar-refractivity contribution in [1.82, 2.24) is 0 Å². The zero-order chi connectivity index (χ0) is 14.8. The number of nitrogens with one attached hydrogen (secondary N) is 1. The third kappa shape index (κ3) is 5.83. The molecule has 0 aliphatic rings. The van der Waals surface area contributed by atoms with Crippen LogP contribution in [0.2, 0.25) is 0 Å². The molecule has 5 heteroatoms. The molecule has 0 heterocycles. The number of benzene rings is 1. The second-order valence-electron chi connectivity index (χ2n) is 4.11. The van der Waals surface area contributed by atoms with E-state index in [0.29, 0.717) is 31.6 Å². The first-order valence-electron chi connectivity index (χ1n) is 6.35. The molecule has 0 atom stereocenters. The van der Waals surface area contributed by atoms with Crippen molar-refractivity contribution in [3.63, 3.8) is 0 Å². The number of amides is 1. The lowest BCUT2D eigenvalue weighted by molar-refractivity contribution is -0.116. The van der Waals surface area contributed by atoms with Crippen LogP contribution in [-0.2, 0) is 9.53 Å². The van der Waals surface area contributed by atoms with E-state index in [1.807, 2.05) is 0 Å². The van der Waals surface area contributed by atoms with Gasteiger partial charge in [0.15, 0.2) is 0 Å². The monoisotopic (exact) mass is 279 g/mol. The number of methoxy groups -OCH3 is 1. The molecule has 0 unspecified atom stereocenters. The average molecular weight is 279 g/mol. The molecular weight excluding hydrogens is 261 g/mol. The Labute approximate surface area is 117 Å². The van der Waals surface area contributed by atoms with Crippen molar-refractivity contribution in [3.05, 3.63) is 29.6 Å². The Bertz CT molecular complexity index is 506. The fraction of sp³-hybridized carbons (Fsp3) is 0.400. The predicted octanol–water partition coefficient (Wildman–Crippen LogP) is 1.92. The van der Waals surface area contributed by atoms with Gasteiger partial charge in [0, 0.05) is 32.2 Å². The quantitative estimate of drug-likeness (QED) is 0.618. The van der Waals surface area contributed by atoms with E-state index in [1.165, 1.54) is 12.1 Å². The van der Waals surface area contributed by atoms with Crippen LogP contribution in [0.3, 0.4) is 0 Å². The molecule has 0 aliphatic carbocycles.